The van der Waals surface area contributed by atoms with E-state index in [2.05, 4.69) is 53.3 Å². The largest absolute Gasteiger partial charge is 0.394 e. The highest BCUT2D eigenvalue weighted by molar-refractivity contribution is 6.33. The highest BCUT2D eigenvalue weighted by atomic mass is 35.5. The van der Waals surface area contributed by atoms with Gasteiger partial charge in [-0.15, -0.1) is 0 Å². The van der Waals surface area contributed by atoms with Crippen LogP contribution in [0.2, 0.25) is 5.02 Å². The minimum absolute atomic E-state index is 0.00999. The van der Waals surface area contributed by atoms with Crippen molar-refractivity contribution in [2.45, 2.75) is 71.4 Å². The third-order valence-corrected chi connectivity index (χ3v) is 10.1. The van der Waals surface area contributed by atoms with Crippen molar-refractivity contribution in [1.82, 2.24) is 19.8 Å². The fraction of sp³-hybridized carbons (Fsp3) is 0.432. The minimum Gasteiger partial charge on any atom is -0.394 e. The lowest BCUT2D eigenvalue weighted by Gasteiger charge is -2.39. The zero-order valence-electron chi connectivity index (χ0n) is 26.8. The van der Waals surface area contributed by atoms with E-state index in [4.69, 9.17) is 16.6 Å². The van der Waals surface area contributed by atoms with Crippen LogP contribution in [0.25, 0.3) is 5.57 Å². The van der Waals surface area contributed by atoms with Crippen molar-refractivity contribution < 1.29 is 9.90 Å². The minimum atomic E-state index is -0.367. The third kappa shape index (κ3) is 6.71. The van der Waals surface area contributed by atoms with Crippen LogP contribution < -0.4 is 5.32 Å². The Bertz CT molecular complexity index is 1620. The molecule has 1 aromatic heterocycles. The molecule has 1 amide bonds. The standard InChI is InChI=1S/C37H44ClN5O2/c1-23(2)42-15-12-26(13-16-42)28-10-11-33(32(38)20-28)40-37-39-21-25(4)35(41-37)30-9-8-27-14-17-43(36(45)31(27)19-30)34(22-44)29-7-5-6-24(3)18-29/h5-7,9-11,18-21,23,26-27,34,44H,8,12-17,22H2,1-4H3,(H,39,40,41)/t27?,34-/m1/s1. The molecule has 1 aliphatic carbocycles. The molecule has 6 rings (SSSR count). The first-order valence-electron chi connectivity index (χ1n) is 16.3. The van der Waals surface area contributed by atoms with Crippen molar-refractivity contribution in [3.63, 3.8) is 0 Å². The maximum atomic E-state index is 13.9. The van der Waals surface area contributed by atoms with Gasteiger partial charge in [-0.1, -0.05) is 53.6 Å². The van der Waals surface area contributed by atoms with Crippen LogP contribution in [0.5, 0.6) is 0 Å². The summed E-state index contributed by atoms with van der Waals surface area (Å²) in [5, 5.41) is 14.3. The lowest BCUT2D eigenvalue weighted by molar-refractivity contribution is -0.133. The fourth-order valence-corrected chi connectivity index (χ4v) is 7.32. The molecule has 2 N–H and O–H groups in total. The second kappa shape index (κ2) is 13.5. The molecule has 2 atom stereocenters. The number of hydrogen-bond acceptors (Lipinski definition) is 6. The Morgan fingerprint density at radius 1 is 1.04 bits per heavy atom. The number of amides is 1. The van der Waals surface area contributed by atoms with E-state index < -0.39 is 0 Å². The Morgan fingerprint density at radius 2 is 1.82 bits per heavy atom. The molecule has 2 fully saturated rings. The fourth-order valence-electron chi connectivity index (χ4n) is 7.09. The van der Waals surface area contributed by atoms with Crippen LogP contribution in [-0.4, -0.2) is 63.1 Å². The molecule has 236 valence electrons. The molecule has 0 saturated carbocycles. The van der Waals surface area contributed by atoms with E-state index in [1.54, 1.807) is 0 Å². The molecule has 0 bridgehead atoms. The van der Waals surface area contributed by atoms with Crippen molar-refractivity contribution in [1.29, 1.82) is 0 Å². The van der Waals surface area contributed by atoms with Crippen molar-refractivity contribution >= 4 is 34.7 Å². The van der Waals surface area contributed by atoms with Gasteiger partial charge in [0.15, 0.2) is 0 Å². The molecule has 3 heterocycles. The van der Waals surface area contributed by atoms with Gasteiger partial charge in [-0.3, -0.25) is 4.79 Å². The molecule has 7 nitrogen and oxygen atoms in total. The lowest BCUT2D eigenvalue weighted by Crippen LogP contribution is -2.44. The van der Waals surface area contributed by atoms with Crippen LogP contribution >= 0.6 is 11.6 Å². The number of allylic oxidation sites excluding steroid dienone is 3. The number of aryl methyl sites for hydroxylation is 2. The number of nitrogens with one attached hydrogen (secondary N) is 1. The van der Waals surface area contributed by atoms with Crippen molar-refractivity contribution in [3.8, 4) is 0 Å². The monoisotopic (exact) mass is 625 g/mol. The summed E-state index contributed by atoms with van der Waals surface area (Å²) < 4.78 is 0. The summed E-state index contributed by atoms with van der Waals surface area (Å²) in [6.45, 7) is 11.3. The van der Waals surface area contributed by atoms with Gasteiger partial charge in [-0.25, -0.2) is 9.97 Å². The number of nitrogens with zero attached hydrogens (tertiary/aromatic N) is 4. The maximum absolute atomic E-state index is 13.9. The van der Waals surface area contributed by atoms with Gasteiger partial charge < -0.3 is 20.2 Å². The van der Waals surface area contributed by atoms with Gasteiger partial charge in [0.1, 0.15) is 0 Å². The summed E-state index contributed by atoms with van der Waals surface area (Å²) in [5.74, 6) is 1.15. The number of anilines is 2. The third-order valence-electron chi connectivity index (χ3n) is 9.79. The Labute approximate surface area is 272 Å². The first kappa shape index (κ1) is 31.5. The number of carbonyl (C=O) groups is 1. The molecule has 45 heavy (non-hydrogen) atoms. The zero-order chi connectivity index (χ0) is 31.7. The van der Waals surface area contributed by atoms with Gasteiger partial charge in [0.05, 0.1) is 29.1 Å². The first-order chi connectivity index (χ1) is 21.7. The Balaban J connectivity index is 1.19. The van der Waals surface area contributed by atoms with Crippen LogP contribution in [0.4, 0.5) is 11.6 Å². The average molecular weight is 626 g/mol. The van der Waals surface area contributed by atoms with E-state index in [9.17, 15) is 9.90 Å². The van der Waals surface area contributed by atoms with Gasteiger partial charge in [0, 0.05) is 24.4 Å². The van der Waals surface area contributed by atoms with Gasteiger partial charge in [-0.2, -0.15) is 0 Å². The molecule has 2 aliphatic heterocycles. The number of aliphatic hydroxyl groups excluding tert-OH is 1. The molecule has 1 unspecified atom stereocenters. The van der Waals surface area contributed by atoms with Crippen LogP contribution in [0.1, 0.15) is 79.4 Å². The Kier molecular flexibility index (Phi) is 9.41. The molecule has 2 aromatic carbocycles. The molecule has 0 spiro atoms. The summed E-state index contributed by atoms with van der Waals surface area (Å²) >= 11 is 6.78. The van der Waals surface area contributed by atoms with E-state index >= 15 is 0 Å². The SMILES string of the molecule is Cc1cccc([C@@H](CO)N2CCC3CC=C(c4nc(Nc5ccc(C6CCN(C(C)C)CC6)cc5Cl)ncc4C)C=C3C2=O)c1. The molecule has 8 heteroatoms. The summed E-state index contributed by atoms with van der Waals surface area (Å²) in [6.07, 6.45) is 9.93. The van der Waals surface area contributed by atoms with Crippen LogP contribution in [0.3, 0.4) is 0 Å². The summed E-state index contributed by atoms with van der Waals surface area (Å²) in [4.78, 5) is 27.7. The average Bonchev–Trinajstić information content (AvgIpc) is 3.04. The van der Waals surface area contributed by atoms with Crippen molar-refractivity contribution in [2.75, 3.05) is 31.6 Å². The summed E-state index contributed by atoms with van der Waals surface area (Å²) in [5.41, 5.74) is 7.57. The number of aromatic nitrogens is 2. The van der Waals surface area contributed by atoms with Crippen LogP contribution in [0, 0.1) is 19.8 Å². The second-order valence-electron chi connectivity index (χ2n) is 13.1. The molecule has 3 aromatic rings. The number of likely N-dealkylation sites (tertiary alicyclic amines) is 2. The van der Waals surface area contributed by atoms with Gasteiger partial charge in [0.25, 0.3) is 5.91 Å². The number of benzene rings is 2. The number of hydrogen-bond donors (Lipinski definition) is 2. The first-order valence-corrected chi connectivity index (χ1v) is 16.6. The predicted octanol–water partition coefficient (Wildman–Crippen LogP) is 7.37. The summed E-state index contributed by atoms with van der Waals surface area (Å²) in [7, 11) is 0. The number of fused-ring (bicyclic) bond motifs is 1. The molecule has 0 radical (unpaired) electrons. The second-order valence-corrected chi connectivity index (χ2v) is 13.5. The lowest BCUT2D eigenvalue weighted by atomic mass is 9.81. The maximum Gasteiger partial charge on any atom is 0.250 e. The molecular weight excluding hydrogens is 582 g/mol. The zero-order valence-corrected chi connectivity index (χ0v) is 27.5. The van der Waals surface area contributed by atoms with E-state index in [0.717, 1.165) is 78.0 Å². The van der Waals surface area contributed by atoms with E-state index in [0.29, 0.717) is 29.5 Å². The van der Waals surface area contributed by atoms with Crippen molar-refractivity contribution in [2.24, 2.45) is 5.92 Å². The van der Waals surface area contributed by atoms with Gasteiger partial charge in [0.2, 0.25) is 5.95 Å². The normalized spacial score (nSPS) is 20.1. The number of rotatable bonds is 8. The van der Waals surface area contributed by atoms with Crippen molar-refractivity contribution in [3.05, 3.63) is 99.4 Å². The Morgan fingerprint density at radius 3 is 2.53 bits per heavy atom. The molecular formula is C37H44ClN5O2. The number of aliphatic hydroxyl groups is 1. The highest BCUT2D eigenvalue weighted by Crippen LogP contribution is 2.39. The molecule has 2 saturated heterocycles. The predicted molar refractivity (Wildman–Crippen MR) is 182 cm³/mol. The molecule has 3 aliphatic rings. The smallest absolute Gasteiger partial charge is 0.250 e. The van der Waals surface area contributed by atoms with Crippen LogP contribution in [0.15, 0.2) is 66.4 Å². The van der Waals surface area contributed by atoms with E-state index in [-0.39, 0.29) is 24.5 Å². The van der Waals surface area contributed by atoms with Crippen LogP contribution in [-0.2, 0) is 4.79 Å². The van der Waals surface area contributed by atoms with Gasteiger partial charge in [-0.05, 0) is 119 Å². The Hall–Kier alpha value is -3.52. The number of piperidine rings is 2. The highest BCUT2D eigenvalue weighted by Gasteiger charge is 2.36. The van der Waals surface area contributed by atoms with E-state index in [1.165, 1.54) is 5.56 Å². The number of halogens is 1. The number of carbonyl (C=O) groups excluding carboxylic acids is 1. The van der Waals surface area contributed by atoms with E-state index in [1.807, 2.05) is 55.3 Å². The topological polar surface area (TPSA) is 81.6 Å². The van der Waals surface area contributed by atoms with Gasteiger partial charge >= 0.3 is 0 Å². The summed E-state index contributed by atoms with van der Waals surface area (Å²) in [6, 6.07) is 14.6. The quantitative estimate of drug-likeness (QED) is 0.272.